The first-order valence-corrected chi connectivity index (χ1v) is 4.95. The summed E-state index contributed by atoms with van der Waals surface area (Å²) in [5, 5.41) is 2.50. The van der Waals surface area contributed by atoms with Gasteiger partial charge in [0.05, 0.1) is 5.56 Å². The quantitative estimate of drug-likeness (QED) is 0.778. The summed E-state index contributed by atoms with van der Waals surface area (Å²) in [6.07, 6.45) is 0. The SMILES string of the molecule is Cc1ccc(F)c(C(=O)N2CCNC2=O)c1. The highest BCUT2D eigenvalue weighted by Gasteiger charge is 2.28. The molecular formula is C11H11FN2O2. The van der Waals surface area contributed by atoms with Gasteiger partial charge >= 0.3 is 6.03 Å². The Morgan fingerprint density at radius 2 is 2.25 bits per heavy atom. The third kappa shape index (κ3) is 1.76. The number of hydrogen-bond acceptors (Lipinski definition) is 2. The maximum atomic E-state index is 13.4. The van der Waals surface area contributed by atoms with Gasteiger partial charge in [0.1, 0.15) is 5.82 Å². The summed E-state index contributed by atoms with van der Waals surface area (Å²) < 4.78 is 13.4. The summed E-state index contributed by atoms with van der Waals surface area (Å²) in [4.78, 5) is 24.1. The highest BCUT2D eigenvalue weighted by atomic mass is 19.1. The zero-order valence-corrected chi connectivity index (χ0v) is 8.79. The van der Waals surface area contributed by atoms with E-state index >= 15 is 0 Å². The van der Waals surface area contributed by atoms with Crippen molar-refractivity contribution in [2.24, 2.45) is 0 Å². The van der Waals surface area contributed by atoms with Gasteiger partial charge in [-0.1, -0.05) is 11.6 Å². The second-order valence-corrected chi connectivity index (χ2v) is 3.67. The van der Waals surface area contributed by atoms with Crippen molar-refractivity contribution in [3.63, 3.8) is 0 Å². The van der Waals surface area contributed by atoms with Gasteiger partial charge in [-0.15, -0.1) is 0 Å². The number of aryl methyl sites for hydroxylation is 1. The minimum absolute atomic E-state index is 0.0583. The fourth-order valence-electron chi connectivity index (χ4n) is 1.61. The Morgan fingerprint density at radius 3 is 2.88 bits per heavy atom. The number of nitrogens with zero attached hydrogens (tertiary/aromatic N) is 1. The number of imide groups is 1. The molecule has 1 heterocycles. The predicted molar refractivity (Wildman–Crippen MR) is 55.6 cm³/mol. The Bertz CT molecular complexity index is 459. The van der Waals surface area contributed by atoms with Crippen LogP contribution in [0.2, 0.25) is 0 Å². The van der Waals surface area contributed by atoms with Crippen LogP contribution in [-0.4, -0.2) is 29.9 Å². The third-order valence-corrected chi connectivity index (χ3v) is 2.45. The molecule has 0 aliphatic carbocycles. The monoisotopic (exact) mass is 222 g/mol. The van der Waals surface area contributed by atoms with Gasteiger partial charge in [-0.2, -0.15) is 0 Å². The van der Waals surface area contributed by atoms with Gasteiger partial charge in [0.15, 0.2) is 0 Å². The number of amides is 3. The number of rotatable bonds is 1. The van der Waals surface area contributed by atoms with Crippen LogP contribution in [0.1, 0.15) is 15.9 Å². The smallest absolute Gasteiger partial charge is 0.324 e. The van der Waals surface area contributed by atoms with Crippen molar-refractivity contribution in [1.82, 2.24) is 10.2 Å². The second-order valence-electron chi connectivity index (χ2n) is 3.67. The van der Waals surface area contributed by atoms with E-state index in [4.69, 9.17) is 0 Å². The number of nitrogens with one attached hydrogen (secondary N) is 1. The summed E-state index contributed by atoms with van der Waals surface area (Å²) in [5.41, 5.74) is 0.724. The van der Waals surface area contributed by atoms with E-state index in [1.165, 1.54) is 12.1 Å². The van der Waals surface area contributed by atoms with Crippen molar-refractivity contribution in [2.75, 3.05) is 13.1 Å². The first-order chi connectivity index (χ1) is 7.59. The highest BCUT2D eigenvalue weighted by molar-refractivity contribution is 6.05. The van der Waals surface area contributed by atoms with Gasteiger partial charge in [-0.3, -0.25) is 9.69 Å². The van der Waals surface area contributed by atoms with Crippen molar-refractivity contribution in [2.45, 2.75) is 6.92 Å². The van der Waals surface area contributed by atoms with Gasteiger partial charge in [-0.25, -0.2) is 9.18 Å². The normalized spacial score (nSPS) is 15.1. The zero-order chi connectivity index (χ0) is 11.7. The molecule has 1 aromatic rings. The van der Waals surface area contributed by atoms with E-state index in [9.17, 15) is 14.0 Å². The molecule has 84 valence electrons. The van der Waals surface area contributed by atoms with Crippen LogP contribution in [0.4, 0.5) is 9.18 Å². The molecule has 0 bridgehead atoms. The van der Waals surface area contributed by atoms with Crippen LogP contribution in [0.3, 0.4) is 0 Å². The fraction of sp³-hybridized carbons (Fsp3) is 0.273. The number of hydrogen-bond donors (Lipinski definition) is 1. The molecule has 0 unspecified atom stereocenters. The lowest BCUT2D eigenvalue weighted by molar-refractivity contribution is 0.0825. The molecule has 2 rings (SSSR count). The fourth-order valence-corrected chi connectivity index (χ4v) is 1.61. The molecule has 0 aromatic heterocycles. The molecule has 16 heavy (non-hydrogen) atoms. The molecule has 3 amide bonds. The van der Waals surface area contributed by atoms with E-state index in [0.29, 0.717) is 6.54 Å². The van der Waals surface area contributed by atoms with Crippen LogP contribution in [0.5, 0.6) is 0 Å². The topological polar surface area (TPSA) is 49.4 Å². The molecule has 1 aromatic carbocycles. The number of benzene rings is 1. The largest absolute Gasteiger partial charge is 0.336 e. The van der Waals surface area contributed by atoms with E-state index in [0.717, 1.165) is 10.5 Å². The van der Waals surface area contributed by atoms with Gasteiger partial charge < -0.3 is 5.32 Å². The molecule has 1 N–H and O–H groups in total. The molecule has 5 heteroatoms. The first kappa shape index (κ1) is 10.6. The molecule has 0 atom stereocenters. The Labute approximate surface area is 92.0 Å². The van der Waals surface area contributed by atoms with Crippen LogP contribution >= 0.6 is 0 Å². The van der Waals surface area contributed by atoms with E-state index in [-0.39, 0.29) is 12.1 Å². The number of carbonyl (C=O) groups excluding carboxylic acids is 2. The standard InChI is InChI=1S/C11H11FN2O2/c1-7-2-3-9(12)8(6-7)10(15)14-5-4-13-11(14)16/h2-3,6H,4-5H2,1H3,(H,13,16). The molecule has 1 aliphatic heterocycles. The van der Waals surface area contributed by atoms with Crippen molar-refractivity contribution < 1.29 is 14.0 Å². The molecule has 4 nitrogen and oxygen atoms in total. The summed E-state index contributed by atoms with van der Waals surface area (Å²) >= 11 is 0. The zero-order valence-electron chi connectivity index (χ0n) is 8.79. The second kappa shape index (κ2) is 3.92. The van der Waals surface area contributed by atoms with Gasteiger partial charge in [-0.05, 0) is 19.1 Å². The summed E-state index contributed by atoms with van der Waals surface area (Å²) in [6, 6.07) is 3.79. The average Bonchev–Trinajstić information content (AvgIpc) is 2.67. The Kier molecular flexibility index (Phi) is 2.60. The molecule has 1 saturated heterocycles. The van der Waals surface area contributed by atoms with E-state index in [1.807, 2.05) is 0 Å². The molecular weight excluding hydrogens is 211 g/mol. The van der Waals surface area contributed by atoms with Crippen LogP contribution < -0.4 is 5.32 Å². The maximum absolute atomic E-state index is 13.4. The number of carbonyl (C=O) groups is 2. The van der Waals surface area contributed by atoms with E-state index in [1.54, 1.807) is 13.0 Å². The number of halogens is 1. The minimum Gasteiger partial charge on any atom is -0.336 e. The van der Waals surface area contributed by atoms with Crippen molar-refractivity contribution in [3.8, 4) is 0 Å². The molecule has 0 spiro atoms. The Balaban J connectivity index is 2.33. The Morgan fingerprint density at radius 1 is 1.50 bits per heavy atom. The first-order valence-electron chi connectivity index (χ1n) is 4.95. The van der Waals surface area contributed by atoms with Crippen LogP contribution in [0.25, 0.3) is 0 Å². The third-order valence-electron chi connectivity index (χ3n) is 2.45. The maximum Gasteiger partial charge on any atom is 0.324 e. The van der Waals surface area contributed by atoms with Crippen molar-refractivity contribution in [3.05, 3.63) is 35.1 Å². The van der Waals surface area contributed by atoms with Crippen LogP contribution in [0, 0.1) is 12.7 Å². The van der Waals surface area contributed by atoms with Crippen molar-refractivity contribution in [1.29, 1.82) is 0 Å². The summed E-state index contributed by atoms with van der Waals surface area (Å²) in [7, 11) is 0. The summed E-state index contributed by atoms with van der Waals surface area (Å²) in [5.74, 6) is -1.19. The summed E-state index contributed by atoms with van der Waals surface area (Å²) in [6.45, 7) is 2.46. The average molecular weight is 222 g/mol. The minimum atomic E-state index is -0.602. The van der Waals surface area contributed by atoms with Crippen molar-refractivity contribution >= 4 is 11.9 Å². The predicted octanol–water partition coefficient (Wildman–Crippen LogP) is 1.30. The van der Waals surface area contributed by atoms with Gasteiger partial charge in [0.25, 0.3) is 5.91 Å². The van der Waals surface area contributed by atoms with Crippen LogP contribution in [0.15, 0.2) is 18.2 Å². The van der Waals surface area contributed by atoms with Gasteiger partial charge in [0.2, 0.25) is 0 Å². The highest BCUT2D eigenvalue weighted by Crippen LogP contribution is 2.14. The van der Waals surface area contributed by atoms with E-state index < -0.39 is 17.8 Å². The lowest BCUT2D eigenvalue weighted by atomic mass is 10.1. The molecule has 1 fully saturated rings. The molecule has 0 saturated carbocycles. The van der Waals surface area contributed by atoms with Crippen LogP contribution in [-0.2, 0) is 0 Å². The van der Waals surface area contributed by atoms with Gasteiger partial charge in [0, 0.05) is 13.1 Å². The van der Waals surface area contributed by atoms with E-state index in [2.05, 4.69) is 5.32 Å². The number of urea groups is 1. The molecule has 0 radical (unpaired) electrons. The lowest BCUT2D eigenvalue weighted by Gasteiger charge is -2.12. The molecule has 1 aliphatic rings. The Hall–Kier alpha value is -1.91. The lowest BCUT2D eigenvalue weighted by Crippen LogP contribution is -2.34.